The normalized spacial score (nSPS) is 15.1. The topological polar surface area (TPSA) is 40.5 Å². The number of nitrogens with zero attached hydrogens (tertiary/aromatic N) is 1. The van der Waals surface area contributed by atoms with Crippen molar-refractivity contribution in [3.05, 3.63) is 12.2 Å². The smallest absolute Gasteiger partial charge is 0.227 e. The standard InChI is InChI=1S/C9H17NO2/c1-6(2)8(11)7(3)9(12)10(4)5/h7-8,11H,1H2,2-5H3. The van der Waals surface area contributed by atoms with Gasteiger partial charge in [-0.05, 0) is 6.92 Å². The van der Waals surface area contributed by atoms with Crippen LogP contribution in [0.25, 0.3) is 0 Å². The van der Waals surface area contributed by atoms with Crippen molar-refractivity contribution in [2.75, 3.05) is 14.1 Å². The molecule has 3 heteroatoms. The van der Waals surface area contributed by atoms with Crippen LogP contribution in [0.4, 0.5) is 0 Å². The van der Waals surface area contributed by atoms with Crippen molar-refractivity contribution in [3.63, 3.8) is 0 Å². The van der Waals surface area contributed by atoms with Gasteiger partial charge in [0.05, 0.1) is 12.0 Å². The first-order chi connectivity index (χ1) is 5.37. The van der Waals surface area contributed by atoms with Gasteiger partial charge >= 0.3 is 0 Å². The zero-order chi connectivity index (χ0) is 9.89. The maximum absolute atomic E-state index is 11.3. The van der Waals surface area contributed by atoms with Gasteiger partial charge in [-0.3, -0.25) is 4.79 Å². The van der Waals surface area contributed by atoms with E-state index in [2.05, 4.69) is 6.58 Å². The summed E-state index contributed by atoms with van der Waals surface area (Å²) in [5, 5.41) is 9.47. The number of aliphatic hydroxyl groups excluding tert-OH is 1. The lowest BCUT2D eigenvalue weighted by molar-refractivity contribution is -0.135. The molecule has 3 nitrogen and oxygen atoms in total. The molecule has 0 aliphatic rings. The van der Waals surface area contributed by atoms with Crippen LogP contribution < -0.4 is 0 Å². The van der Waals surface area contributed by atoms with Crippen molar-refractivity contribution >= 4 is 5.91 Å². The van der Waals surface area contributed by atoms with Gasteiger partial charge < -0.3 is 10.0 Å². The summed E-state index contributed by atoms with van der Waals surface area (Å²) >= 11 is 0. The third-order valence-electron chi connectivity index (χ3n) is 1.81. The summed E-state index contributed by atoms with van der Waals surface area (Å²) in [5.41, 5.74) is 0.623. The number of amides is 1. The van der Waals surface area contributed by atoms with Crippen LogP contribution in [0, 0.1) is 5.92 Å². The highest BCUT2D eigenvalue weighted by molar-refractivity contribution is 5.78. The predicted octanol–water partition coefficient (Wildman–Crippen LogP) is 0.648. The zero-order valence-corrected chi connectivity index (χ0v) is 8.16. The molecule has 70 valence electrons. The minimum absolute atomic E-state index is 0.0782. The van der Waals surface area contributed by atoms with Crippen LogP contribution in [0.5, 0.6) is 0 Å². The first-order valence-electron chi connectivity index (χ1n) is 3.92. The molecule has 0 heterocycles. The molecule has 1 N–H and O–H groups in total. The van der Waals surface area contributed by atoms with Crippen LogP contribution in [0.1, 0.15) is 13.8 Å². The van der Waals surface area contributed by atoms with Gasteiger partial charge in [0, 0.05) is 14.1 Å². The Bertz CT molecular complexity index is 187. The molecule has 0 aromatic heterocycles. The lowest BCUT2D eigenvalue weighted by Gasteiger charge is -2.21. The van der Waals surface area contributed by atoms with Crippen molar-refractivity contribution in [1.29, 1.82) is 0 Å². The van der Waals surface area contributed by atoms with Gasteiger partial charge in [0.15, 0.2) is 0 Å². The highest BCUT2D eigenvalue weighted by Crippen LogP contribution is 2.12. The lowest BCUT2D eigenvalue weighted by atomic mass is 9.98. The molecule has 0 rings (SSSR count). The minimum atomic E-state index is -0.736. The van der Waals surface area contributed by atoms with Gasteiger partial charge in [-0.25, -0.2) is 0 Å². The summed E-state index contributed by atoms with van der Waals surface area (Å²) in [6, 6.07) is 0. The summed E-state index contributed by atoms with van der Waals surface area (Å²) in [7, 11) is 3.34. The molecule has 0 saturated carbocycles. The quantitative estimate of drug-likeness (QED) is 0.633. The largest absolute Gasteiger partial charge is 0.388 e. The van der Waals surface area contributed by atoms with Crippen LogP contribution in [-0.4, -0.2) is 36.1 Å². The minimum Gasteiger partial charge on any atom is -0.388 e. The third-order valence-corrected chi connectivity index (χ3v) is 1.81. The molecule has 0 radical (unpaired) electrons. The van der Waals surface area contributed by atoms with E-state index in [1.807, 2.05) is 0 Å². The van der Waals surface area contributed by atoms with E-state index in [0.29, 0.717) is 5.57 Å². The number of aliphatic hydroxyl groups is 1. The maximum Gasteiger partial charge on any atom is 0.227 e. The second-order valence-corrected chi connectivity index (χ2v) is 3.31. The molecule has 0 aliphatic heterocycles. The second-order valence-electron chi connectivity index (χ2n) is 3.31. The van der Waals surface area contributed by atoms with Crippen LogP contribution in [-0.2, 0) is 4.79 Å². The molecule has 0 spiro atoms. The lowest BCUT2D eigenvalue weighted by Crippen LogP contribution is -2.35. The van der Waals surface area contributed by atoms with E-state index in [0.717, 1.165) is 0 Å². The average molecular weight is 171 g/mol. The summed E-state index contributed by atoms with van der Waals surface area (Å²) in [4.78, 5) is 12.8. The number of carbonyl (C=O) groups is 1. The fourth-order valence-electron chi connectivity index (χ4n) is 0.969. The van der Waals surface area contributed by atoms with E-state index in [4.69, 9.17) is 0 Å². The van der Waals surface area contributed by atoms with Gasteiger partial charge in [0.25, 0.3) is 0 Å². The van der Waals surface area contributed by atoms with E-state index in [1.165, 1.54) is 4.90 Å². The summed E-state index contributed by atoms with van der Waals surface area (Å²) in [5.74, 6) is -0.483. The number of rotatable bonds is 3. The molecule has 1 amide bonds. The Balaban J connectivity index is 4.29. The Morgan fingerprint density at radius 3 is 2.17 bits per heavy atom. The maximum atomic E-state index is 11.3. The molecule has 0 fully saturated rings. The highest BCUT2D eigenvalue weighted by Gasteiger charge is 2.23. The molecule has 0 aromatic rings. The monoisotopic (exact) mass is 171 g/mol. The Labute approximate surface area is 73.7 Å². The van der Waals surface area contributed by atoms with Gasteiger partial charge in [-0.2, -0.15) is 0 Å². The molecular weight excluding hydrogens is 154 g/mol. The molecule has 0 bridgehead atoms. The van der Waals surface area contributed by atoms with E-state index in [-0.39, 0.29) is 5.91 Å². The van der Waals surface area contributed by atoms with Crippen molar-refractivity contribution in [2.24, 2.45) is 5.92 Å². The fraction of sp³-hybridized carbons (Fsp3) is 0.667. The molecular formula is C9H17NO2. The second kappa shape index (κ2) is 4.26. The van der Waals surface area contributed by atoms with Gasteiger partial charge in [-0.1, -0.05) is 19.1 Å². The fourth-order valence-corrected chi connectivity index (χ4v) is 0.969. The molecule has 2 atom stereocenters. The SMILES string of the molecule is C=C(C)C(O)C(C)C(=O)N(C)C. The Kier molecular flexibility index (Phi) is 3.96. The van der Waals surface area contributed by atoms with Gasteiger partial charge in [0.1, 0.15) is 0 Å². The van der Waals surface area contributed by atoms with Crippen molar-refractivity contribution in [3.8, 4) is 0 Å². The average Bonchev–Trinajstić information content (AvgIpc) is 2.00. The Morgan fingerprint density at radius 1 is 1.50 bits per heavy atom. The number of hydrogen-bond acceptors (Lipinski definition) is 2. The Hall–Kier alpha value is -0.830. The first kappa shape index (κ1) is 11.2. The van der Waals surface area contributed by atoms with Gasteiger partial charge in [0.2, 0.25) is 5.91 Å². The molecule has 2 unspecified atom stereocenters. The summed E-state index contributed by atoms with van der Waals surface area (Å²) < 4.78 is 0. The highest BCUT2D eigenvalue weighted by atomic mass is 16.3. The van der Waals surface area contributed by atoms with Gasteiger partial charge in [-0.15, -0.1) is 0 Å². The third kappa shape index (κ3) is 2.66. The number of hydrogen-bond donors (Lipinski definition) is 1. The van der Waals surface area contributed by atoms with E-state index in [9.17, 15) is 9.90 Å². The molecule has 12 heavy (non-hydrogen) atoms. The molecule has 0 saturated heterocycles. The van der Waals surface area contributed by atoms with Crippen LogP contribution in [0.15, 0.2) is 12.2 Å². The summed E-state index contributed by atoms with van der Waals surface area (Å²) in [6.07, 6.45) is -0.736. The summed E-state index contributed by atoms with van der Waals surface area (Å²) in [6.45, 7) is 7.01. The number of carbonyl (C=O) groups excluding carboxylic acids is 1. The van der Waals surface area contributed by atoms with Crippen LogP contribution in [0.2, 0.25) is 0 Å². The van der Waals surface area contributed by atoms with E-state index < -0.39 is 12.0 Å². The predicted molar refractivity (Wildman–Crippen MR) is 48.7 cm³/mol. The van der Waals surface area contributed by atoms with Crippen LogP contribution >= 0.6 is 0 Å². The molecule has 0 aliphatic carbocycles. The van der Waals surface area contributed by atoms with E-state index >= 15 is 0 Å². The molecule has 0 aromatic carbocycles. The van der Waals surface area contributed by atoms with Crippen molar-refractivity contribution in [2.45, 2.75) is 20.0 Å². The zero-order valence-electron chi connectivity index (χ0n) is 8.16. The van der Waals surface area contributed by atoms with Crippen molar-refractivity contribution < 1.29 is 9.90 Å². The Morgan fingerprint density at radius 2 is 1.92 bits per heavy atom. The van der Waals surface area contributed by atoms with Crippen molar-refractivity contribution in [1.82, 2.24) is 4.90 Å². The van der Waals surface area contributed by atoms with Crippen LogP contribution in [0.3, 0.4) is 0 Å². The van der Waals surface area contributed by atoms with E-state index in [1.54, 1.807) is 27.9 Å². The first-order valence-corrected chi connectivity index (χ1v) is 3.92.